The summed E-state index contributed by atoms with van der Waals surface area (Å²) in [5.41, 5.74) is 0.515. The average Bonchev–Trinajstić information content (AvgIpc) is 2.35. The molecule has 1 N–H and O–H groups in total. The quantitative estimate of drug-likeness (QED) is 0.581. The normalized spacial score (nSPS) is 28.6. The molecule has 114 valence electrons. The molecular weight excluding hydrogens is 230 g/mol. The van der Waals surface area contributed by atoms with Crippen LogP contribution >= 0.6 is 0 Å². The highest BCUT2D eigenvalue weighted by molar-refractivity contribution is 4.91. The third-order valence-electron chi connectivity index (χ3n) is 5.26. The van der Waals surface area contributed by atoms with Gasteiger partial charge in [0, 0.05) is 6.04 Å². The highest BCUT2D eigenvalue weighted by Crippen LogP contribution is 2.43. The molecule has 1 fully saturated rings. The Morgan fingerprint density at radius 1 is 1.05 bits per heavy atom. The third kappa shape index (κ3) is 5.45. The summed E-state index contributed by atoms with van der Waals surface area (Å²) in [4.78, 5) is 0. The van der Waals surface area contributed by atoms with E-state index in [0.717, 1.165) is 24.4 Å². The van der Waals surface area contributed by atoms with Crippen LogP contribution < -0.4 is 5.32 Å². The second-order valence-corrected chi connectivity index (χ2v) is 7.49. The lowest BCUT2D eigenvalue weighted by Gasteiger charge is -2.45. The lowest BCUT2D eigenvalue weighted by molar-refractivity contribution is 0.0851. The molecule has 1 nitrogen and oxygen atoms in total. The largest absolute Gasteiger partial charge is 0.314 e. The predicted octanol–water partition coefficient (Wildman–Crippen LogP) is 5.40. The van der Waals surface area contributed by atoms with Crippen molar-refractivity contribution in [3.63, 3.8) is 0 Å². The van der Waals surface area contributed by atoms with Crippen LogP contribution in [0.5, 0.6) is 0 Å². The van der Waals surface area contributed by atoms with Crippen LogP contribution in [0.2, 0.25) is 0 Å². The van der Waals surface area contributed by atoms with Crippen molar-refractivity contribution in [1.29, 1.82) is 0 Å². The maximum atomic E-state index is 3.77. The maximum Gasteiger partial charge on any atom is 0.0103 e. The summed E-state index contributed by atoms with van der Waals surface area (Å²) in [6, 6.07) is 0.759. The summed E-state index contributed by atoms with van der Waals surface area (Å²) in [7, 11) is 0. The Morgan fingerprint density at radius 2 is 1.79 bits per heavy atom. The molecule has 0 radical (unpaired) electrons. The zero-order valence-electron chi connectivity index (χ0n) is 14.1. The van der Waals surface area contributed by atoms with Crippen LogP contribution in [0.25, 0.3) is 0 Å². The van der Waals surface area contributed by atoms with Gasteiger partial charge in [-0.15, -0.1) is 0 Å². The van der Waals surface area contributed by atoms with Gasteiger partial charge in [-0.2, -0.15) is 0 Å². The molecule has 1 rings (SSSR count). The van der Waals surface area contributed by atoms with Crippen LogP contribution in [0.1, 0.15) is 86.0 Å². The molecule has 0 aromatic rings. The minimum atomic E-state index is 0.515. The first-order valence-electron chi connectivity index (χ1n) is 8.74. The molecule has 0 aliphatic heterocycles. The highest BCUT2D eigenvalue weighted by atomic mass is 14.9. The molecule has 0 amide bonds. The molecule has 0 bridgehead atoms. The van der Waals surface area contributed by atoms with E-state index in [-0.39, 0.29) is 0 Å². The topological polar surface area (TPSA) is 12.0 Å². The second kappa shape index (κ2) is 8.29. The third-order valence-corrected chi connectivity index (χ3v) is 5.26. The van der Waals surface area contributed by atoms with Crippen LogP contribution in [0, 0.1) is 17.3 Å². The standard InChI is InChI=1S/C18H37N/c1-6-8-9-10-13-18(4,5)16-12-11-15(3)14-17(16)19-7-2/h15-17,19H,6-14H2,1-5H3. The van der Waals surface area contributed by atoms with Gasteiger partial charge in [0.1, 0.15) is 0 Å². The van der Waals surface area contributed by atoms with Crippen molar-refractivity contribution in [3.05, 3.63) is 0 Å². The van der Waals surface area contributed by atoms with Crippen molar-refractivity contribution >= 4 is 0 Å². The Bertz CT molecular complexity index is 234. The van der Waals surface area contributed by atoms with E-state index in [4.69, 9.17) is 0 Å². The molecule has 0 saturated heterocycles. The SMILES string of the molecule is CCCCCCC(C)(C)C1CCC(C)CC1NCC. The summed E-state index contributed by atoms with van der Waals surface area (Å²) in [6.07, 6.45) is 11.3. The first kappa shape index (κ1) is 17.0. The maximum absolute atomic E-state index is 3.77. The Balaban J connectivity index is 2.52. The molecule has 3 unspecified atom stereocenters. The Morgan fingerprint density at radius 3 is 2.42 bits per heavy atom. The minimum absolute atomic E-state index is 0.515. The Hall–Kier alpha value is -0.0400. The fourth-order valence-corrected chi connectivity index (χ4v) is 4.00. The van der Waals surface area contributed by atoms with Gasteiger partial charge >= 0.3 is 0 Å². The van der Waals surface area contributed by atoms with Crippen LogP contribution in [-0.4, -0.2) is 12.6 Å². The lowest BCUT2D eigenvalue weighted by atomic mass is 9.64. The number of unbranched alkanes of at least 4 members (excludes halogenated alkanes) is 3. The molecule has 1 heteroatoms. The highest BCUT2D eigenvalue weighted by Gasteiger charge is 2.37. The van der Waals surface area contributed by atoms with E-state index >= 15 is 0 Å². The predicted molar refractivity (Wildman–Crippen MR) is 86.5 cm³/mol. The van der Waals surface area contributed by atoms with Gasteiger partial charge in [0.25, 0.3) is 0 Å². The molecular formula is C18H37N. The molecule has 1 aliphatic rings. The van der Waals surface area contributed by atoms with Crippen molar-refractivity contribution in [2.75, 3.05) is 6.54 Å². The van der Waals surface area contributed by atoms with Crippen molar-refractivity contribution < 1.29 is 0 Å². The van der Waals surface area contributed by atoms with Gasteiger partial charge in [-0.25, -0.2) is 0 Å². The minimum Gasteiger partial charge on any atom is -0.314 e. The van der Waals surface area contributed by atoms with Crippen molar-refractivity contribution in [2.45, 2.75) is 92.0 Å². The second-order valence-electron chi connectivity index (χ2n) is 7.49. The molecule has 3 atom stereocenters. The summed E-state index contributed by atoms with van der Waals surface area (Å²) in [5.74, 6) is 1.79. The van der Waals surface area contributed by atoms with E-state index in [1.165, 1.54) is 51.4 Å². The Kier molecular flexibility index (Phi) is 7.42. The number of nitrogens with one attached hydrogen (secondary N) is 1. The summed E-state index contributed by atoms with van der Waals surface area (Å²) in [5, 5.41) is 3.77. The fourth-order valence-electron chi connectivity index (χ4n) is 4.00. The van der Waals surface area contributed by atoms with E-state index in [1.807, 2.05) is 0 Å². The number of rotatable bonds is 8. The summed E-state index contributed by atoms with van der Waals surface area (Å²) < 4.78 is 0. The zero-order valence-corrected chi connectivity index (χ0v) is 14.1. The Labute approximate surface area is 121 Å². The van der Waals surface area contributed by atoms with Crippen molar-refractivity contribution in [3.8, 4) is 0 Å². The molecule has 0 aromatic carbocycles. The fraction of sp³-hybridized carbons (Fsp3) is 1.00. The average molecular weight is 268 g/mol. The van der Waals surface area contributed by atoms with Crippen LogP contribution in [-0.2, 0) is 0 Å². The van der Waals surface area contributed by atoms with E-state index in [9.17, 15) is 0 Å². The van der Waals surface area contributed by atoms with Gasteiger partial charge in [-0.05, 0) is 43.1 Å². The molecule has 1 saturated carbocycles. The summed E-state index contributed by atoms with van der Waals surface area (Å²) >= 11 is 0. The molecule has 0 spiro atoms. The smallest absolute Gasteiger partial charge is 0.0103 e. The van der Waals surface area contributed by atoms with Crippen LogP contribution in [0.4, 0.5) is 0 Å². The monoisotopic (exact) mass is 267 g/mol. The summed E-state index contributed by atoms with van der Waals surface area (Å²) in [6.45, 7) is 13.1. The van der Waals surface area contributed by atoms with Gasteiger partial charge < -0.3 is 5.32 Å². The zero-order chi connectivity index (χ0) is 14.3. The van der Waals surface area contributed by atoms with Gasteiger partial charge in [0.05, 0.1) is 0 Å². The van der Waals surface area contributed by atoms with Crippen LogP contribution in [0.3, 0.4) is 0 Å². The molecule has 0 heterocycles. The van der Waals surface area contributed by atoms with Gasteiger partial charge in [-0.3, -0.25) is 0 Å². The van der Waals surface area contributed by atoms with E-state index in [2.05, 4.69) is 39.9 Å². The molecule has 0 aromatic heterocycles. The first-order valence-corrected chi connectivity index (χ1v) is 8.74. The first-order chi connectivity index (χ1) is 9.01. The van der Waals surface area contributed by atoms with E-state index < -0.39 is 0 Å². The molecule has 1 aliphatic carbocycles. The van der Waals surface area contributed by atoms with E-state index in [0.29, 0.717) is 5.41 Å². The number of hydrogen-bond acceptors (Lipinski definition) is 1. The van der Waals surface area contributed by atoms with Gasteiger partial charge in [0.2, 0.25) is 0 Å². The number of hydrogen-bond donors (Lipinski definition) is 1. The van der Waals surface area contributed by atoms with Gasteiger partial charge in [-0.1, -0.05) is 66.7 Å². The van der Waals surface area contributed by atoms with Gasteiger partial charge in [0.15, 0.2) is 0 Å². The van der Waals surface area contributed by atoms with Crippen molar-refractivity contribution in [1.82, 2.24) is 5.32 Å². The van der Waals surface area contributed by atoms with Crippen molar-refractivity contribution in [2.24, 2.45) is 17.3 Å². The lowest BCUT2D eigenvalue weighted by Crippen LogP contribution is -2.46. The van der Waals surface area contributed by atoms with Crippen LogP contribution in [0.15, 0.2) is 0 Å². The van der Waals surface area contributed by atoms with E-state index in [1.54, 1.807) is 0 Å². The molecule has 19 heavy (non-hydrogen) atoms.